The first-order chi connectivity index (χ1) is 10.8. The maximum Gasteiger partial charge on any atom is 0.236 e. The van der Waals surface area contributed by atoms with Gasteiger partial charge in [0, 0.05) is 18.8 Å². The number of benzene rings is 1. The van der Waals surface area contributed by atoms with E-state index >= 15 is 0 Å². The van der Waals surface area contributed by atoms with Crippen molar-refractivity contribution in [3.05, 3.63) is 65.4 Å². The Labute approximate surface area is 130 Å². The van der Waals surface area contributed by atoms with Crippen molar-refractivity contribution in [1.29, 1.82) is 0 Å². The molecule has 5 heteroatoms. The van der Waals surface area contributed by atoms with Crippen LogP contribution in [0.1, 0.15) is 42.1 Å². The van der Waals surface area contributed by atoms with Gasteiger partial charge in [0.1, 0.15) is 12.4 Å². The minimum Gasteiger partial charge on any atom is -0.423 e. The zero-order valence-corrected chi connectivity index (χ0v) is 13.0. The number of imidazole rings is 1. The fourth-order valence-electron chi connectivity index (χ4n) is 2.48. The Balaban J connectivity index is 1.71. The second-order valence-corrected chi connectivity index (χ2v) is 5.41. The summed E-state index contributed by atoms with van der Waals surface area (Å²) in [5, 5.41) is 8.31. The third kappa shape index (κ3) is 3.24. The standard InChI is InChI=1S/C17H20N4O/c1-3-6-15-18-9-10-21(15)12-17-20-19-16(22-17)11-14-8-5-4-7-13(14)2/h4-5,7-10H,3,6,11-12H2,1-2H3. The van der Waals surface area contributed by atoms with Crippen LogP contribution in [0.5, 0.6) is 0 Å². The molecule has 0 saturated heterocycles. The highest BCUT2D eigenvalue weighted by molar-refractivity contribution is 5.27. The Bertz CT molecular complexity index is 744. The van der Waals surface area contributed by atoms with Gasteiger partial charge in [-0.05, 0) is 24.5 Å². The van der Waals surface area contributed by atoms with Crippen LogP contribution in [0.2, 0.25) is 0 Å². The van der Waals surface area contributed by atoms with Gasteiger partial charge in [0.05, 0.1) is 6.42 Å². The molecule has 0 atom stereocenters. The minimum absolute atomic E-state index is 0.579. The molecule has 0 aliphatic carbocycles. The molecule has 3 aromatic rings. The van der Waals surface area contributed by atoms with Crippen LogP contribution < -0.4 is 0 Å². The Morgan fingerprint density at radius 2 is 1.95 bits per heavy atom. The van der Waals surface area contributed by atoms with E-state index in [2.05, 4.69) is 45.7 Å². The Hall–Kier alpha value is -2.43. The van der Waals surface area contributed by atoms with E-state index in [9.17, 15) is 0 Å². The van der Waals surface area contributed by atoms with Crippen LogP contribution in [-0.4, -0.2) is 19.7 Å². The lowest BCUT2D eigenvalue weighted by Gasteiger charge is -2.03. The predicted octanol–water partition coefficient (Wildman–Crippen LogP) is 3.17. The highest BCUT2D eigenvalue weighted by Crippen LogP contribution is 2.13. The van der Waals surface area contributed by atoms with Gasteiger partial charge in [0.25, 0.3) is 0 Å². The number of nitrogens with zero attached hydrogens (tertiary/aromatic N) is 4. The van der Waals surface area contributed by atoms with Gasteiger partial charge in [-0.3, -0.25) is 0 Å². The highest BCUT2D eigenvalue weighted by Gasteiger charge is 2.10. The molecule has 114 valence electrons. The monoisotopic (exact) mass is 296 g/mol. The molecule has 5 nitrogen and oxygen atoms in total. The molecule has 0 amide bonds. The van der Waals surface area contributed by atoms with E-state index in [0.717, 1.165) is 18.7 Å². The highest BCUT2D eigenvalue weighted by atomic mass is 16.4. The SMILES string of the molecule is CCCc1nccn1Cc1nnc(Cc2ccccc2C)o1. The van der Waals surface area contributed by atoms with E-state index in [4.69, 9.17) is 4.42 Å². The first-order valence-electron chi connectivity index (χ1n) is 7.62. The van der Waals surface area contributed by atoms with Crippen LogP contribution in [0.3, 0.4) is 0 Å². The van der Waals surface area contributed by atoms with Crippen LogP contribution in [0, 0.1) is 6.92 Å². The van der Waals surface area contributed by atoms with E-state index in [1.807, 2.05) is 24.5 Å². The second-order valence-electron chi connectivity index (χ2n) is 5.41. The maximum atomic E-state index is 5.78. The van der Waals surface area contributed by atoms with Crippen LogP contribution in [0.4, 0.5) is 0 Å². The molecule has 2 aromatic heterocycles. The summed E-state index contributed by atoms with van der Waals surface area (Å²) in [6.45, 7) is 4.82. The molecule has 22 heavy (non-hydrogen) atoms. The first-order valence-corrected chi connectivity index (χ1v) is 7.62. The molecule has 0 N–H and O–H groups in total. The first kappa shape index (κ1) is 14.5. The van der Waals surface area contributed by atoms with Gasteiger partial charge < -0.3 is 8.98 Å². The van der Waals surface area contributed by atoms with E-state index in [1.54, 1.807) is 0 Å². The Kier molecular flexibility index (Phi) is 4.32. The summed E-state index contributed by atoms with van der Waals surface area (Å²) in [5.41, 5.74) is 2.45. The topological polar surface area (TPSA) is 56.7 Å². The zero-order chi connectivity index (χ0) is 15.4. The number of hydrogen-bond donors (Lipinski definition) is 0. The molecule has 0 spiro atoms. The summed E-state index contributed by atoms with van der Waals surface area (Å²) in [5.74, 6) is 2.33. The van der Waals surface area contributed by atoms with Gasteiger partial charge in [-0.1, -0.05) is 31.2 Å². The van der Waals surface area contributed by atoms with Crippen molar-refractivity contribution in [2.75, 3.05) is 0 Å². The molecule has 1 aromatic carbocycles. The van der Waals surface area contributed by atoms with Crippen molar-refractivity contribution in [1.82, 2.24) is 19.7 Å². The van der Waals surface area contributed by atoms with E-state index < -0.39 is 0 Å². The third-order valence-electron chi connectivity index (χ3n) is 3.69. The van der Waals surface area contributed by atoms with Crippen molar-refractivity contribution in [3.63, 3.8) is 0 Å². The smallest absolute Gasteiger partial charge is 0.236 e. The van der Waals surface area contributed by atoms with Crippen molar-refractivity contribution in [2.24, 2.45) is 0 Å². The molecule has 0 radical (unpaired) electrons. The van der Waals surface area contributed by atoms with Crippen molar-refractivity contribution >= 4 is 0 Å². The van der Waals surface area contributed by atoms with Gasteiger partial charge in [-0.15, -0.1) is 10.2 Å². The second kappa shape index (κ2) is 6.56. The quantitative estimate of drug-likeness (QED) is 0.701. The molecule has 0 aliphatic heterocycles. The van der Waals surface area contributed by atoms with Gasteiger partial charge >= 0.3 is 0 Å². The predicted molar refractivity (Wildman–Crippen MR) is 83.6 cm³/mol. The number of aryl methyl sites for hydroxylation is 2. The van der Waals surface area contributed by atoms with Crippen LogP contribution in [0.25, 0.3) is 0 Å². The van der Waals surface area contributed by atoms with Gasteiger partial charge in [0.2, 0.25) is 11.8 Å². The molecule has 3 rings (SSSR count). The van der Waals surface area contributed by atoms with Crippen LogP contribution in [0.15, 0.2) is 41.1 Å². The van der Waals surface area contributed by atoms with Crippen LogP contribution >= 0.6 is 0 Å². The van der Waals surface area contributed by atoms with Crippen molar-refractivity contribution in [2.45, 2.75) is 39.7 Å². The summed E-state index contributed by atoms with van der Waals surface area (Å²) in [4.78, 5) is 4.36. The summed E-state index contributed by atoms with van der Waals surface area (Å²) in [6, 6.07) is 8.25. The summed E-state index contributed by atoms with van der Waals surface area (Å²) >= 11 is 0. The molecule has 0 unspecified atom stereocenters. The largest absolute Gasteiger partial charge is 0.423 e. The molecule has 0 bridgehead atoms. The molecule has 0 fully saturated rings. The lowest BCUT2D eigenvalue weighted by molar-refractivity contribution is 0.442. The molecule has 0 saturated carbocycles. The molecule has 2 heterocycles. The average Bonchev–Trinajstić information content (AvgIpc) is 3.13. The Morgan fingerprint density at radius 1 is 1.14 bits per heavy atom. The fraction of sp³-hybridized carbons (Fsp3) is 0.353. The van der Waals surface area contributed by atoms with E-state index in [1.165, 1.54) is 11.1 Å². The number of rotatable bonds is 6. The van der Waals surface area contributed by atoms with Gasteiger partial charge in [-0.25, -0.2) is 4.98 Å². The van der Waals surface area contributed by atoms with Crippen LogP contribution in [-0.2, 0) is 19.4 Å². The van der Waals surface area contributed by atoms with Gasteiger partial charge in [0.15, 0.2) is 0 Å². The van der Waals surface area contributed by atoms with E-state index in [0.29, 0.717) is 24.7 Å². The zero-order valence-electron chi connectivity index (χ0n) is 13.0. The normalized spacial score (nSPS) is 11.0. The fourth-order valence-corrected chi connectivity index (χ4v) is 2.48. The maximum absolute atomic E-state index is 5.78. The number of aromatic nitrogens is 4. The Morgan fingerprint density at radius 3 is 2.77 bits per heavy atom. The third-order valence-corrected chi connectivity index (χ3v) is 3.69. The van der Waals surface area contributed by atoms with E-state index in [-0.39, 0.29) is 0 Å². The molecular weight excluding hydrogens is 276 g/mol. The average molecular weight is 296 g/mol. The molecular formula is C17H20N4O. The lowest BCUT2D eigenvalue weighted by atomic mass is 10.1. The number of hydrogen-bond acceptors (Lipinski definition) is 4. The minimum atomic E-state index is 0.579. The molecule has 0 aliphatic rings. The van der Waals surface area contributed by atoms with Crippen molar-refractivity contribution < 1.29 is 4.42 Å². The summed E-state index contributed by atoms with van der Waals surface area (Å²) < 4.78 is 7.84. The van der Waals surface area contributed by atoms with Gasteiger partial charge in [-0.2, -0.15) is 0 Å². The summed E-state index contributed by atoms with van der Waals surface area (Å²) in [7, 11) is 0. The lowest BCUT2D eigenvalue weighted by Crippen LogP contribution is -2.04. The van der Waals surface area contributed by atoms with Crippen molar-refractivity contribution in [3.8, 4) is 0 Å². The summed E-state index contributed by atoms with van der Waals surface area (Å²) in [6.07, 6.45) is 6.47.